The quantitative estimate of drug-likeness (QED) is 0.737. The van der Waals surface area contributed by atoms with Crippen molar-refractivity contribution in [2.75, 3.05) is 0 Å². The van der Waals surface area contributed by atoms with Crippen molar-refractivity contribution in [3.8, 4) is 16.9 Å². The van der Waals surface area contributed by atoms with Crippen molar-refractivity contribution in [2.45, 2.75) is 6.18 Å². The molecule has 102 valence electrons. The number of nitrogens with zero attached hydrogens (tertiary/aromatic N) is 2. The van der Waals surface area contributed by atoms with E-state index < -0.39 is 12.1 Å². The Labute approximate surface area is 104 Å². The van der Waals surface area contributed by atoms with Crippen LogP contribution in [0.25, 0.3) is 11.1 Å². The SMILES string of the molecule is O=C(O)C(F)(F)F.Oc1cncc(-c2cn[nH]c2)c1. The second kappa shape index (κ2) is 5.85. The Hall–Kier alpha value is -2.58. The van der Waals surface area contributed by atoms with Crippen LogP contribution >= 0.6 is 0 Å². The van der Waals surface area contributed by atoms with Gasteiger partial charge in [-0.3, -0.25) is 10.1 Å². The van der Waals surface area contributed by atoms with E-state index in [0.29, 0.717) is 0 Å². The average molecular weight is 275 g/mol. The fraction of sp³-hybridized carbons (Fsp3) is 0.100. The number of aromatic amines is 1. The molecule has 0 aliphatic carbocycles. The number of carboxylic acid groups (broad SMARTS) is 1. The zero-order chi connectivity index (χ0) is 14.5. The number of rotatable bonds is 1. The molecule has 2 aromatic rings. The van der Waals surface area contributed by atoms with Gasteiger partial charge >= 0.3 is 12.1 Å². The van der Waals surface area contributed by atoms with E-state index >= 15 is 0 Å². The number of aliphatic carboxylic acids is 1. The summed E-state index contributed by atoms with van der Waals surface area (Å²) in [6.45, 7) is 0. The van der Waals surface area contributed by atoms with E-state index in [4.69, 9.17) is 15.0 Å². The molecule has 0 atom stereocenters. The van der Waals surface area contributed by atoms with Crippen LogP contribution in [0.5, 0.6) is 5.75 Å². The van der Waals surface area contributed by atoms with Gasteiger partial charge in [-0.2, -0.15) is 18.3 Å². The molecule has 9 heteroatoms. The molecule has 2 aromatic heterocycles. The minimum Gasteiger partial charge on any atom is -0.506 e. The number of alkyl halides is 3. The van der Waals surface area contributed by atoms with E-state index in [1.54, 1.807) is 24.7 Å². The molecule has 2 heterocycles. The zero-order valence-corrected chi connectivity index (χ0v) is 9.22. The van der Waals surface area contributed by atoms with Crippen LogP contribution in [0.4, 0.5) is 13.2 Å². The minimum absolute atomic E-state index is 0.161. The van der Waals surface area contributed by atoms with Gasteiger partial charge in [0.1, 0.15) is 5.75 Å². The lowest BCUT2D eigenvalue weighted by atomic mass is 10.2. The summed E-state index contributed by atoms with van der Waals surface area (Å²) < 4.78 is 31.7. The first-order valence-corrected chi connectivity index (χ1v) is 4.74. The number of halogens is 3. The van der Waals surface area contributed by atoms with E-state index in [-0.39, 0.29) is 5.75 Å². The third-order valence-corrected chi connectivity index (χ3v) is 1.80. The lowest BCUT2D eigenvalue weighted by Crippen LogP contribution is -2.21. The molecule has 0 aliphatic rings. The summed E-state index contributed by atoms with van der Waals surface area (Å²) >= 11 is 0. The summed E-state index contributed by atoms with van der Waals surface area (Å²) in [5.74, 6) is -2.60. The molecule has 2 rings (SSSR count). The van der Waals surface area contributed by atoms with Crippen LogP contribution in [0.1, 0.15) is 0 Å². The summed E-state index contributed by atoms with van der Waals surface area (Å²) in [6.07, 6.45) is 1.40. The lowest BCUT2D eigenvalue weighted by Gasteiger charge is -1.95. The van der Waals surface area contributed by atoms with E-state index in [9.17, 15) is 13.2 Å². The molecule has 19 heavy (non-hydrogen) atoms. The lowest BCUT2D eigenvalue weighted by molar-refractivity contribution is -0.192. The molecule has 0 unspecified atom stereocenters. The first kappa shape index (κ1) is 14.5. The van der Waals surface area contributed by atoms with E-state index in [1.165, 1.54) is 6.20 Å². The number of H-pyrrole nitrogens is 1. The number of aromatic nitrogens is 3. The largest absolute Gasteiger partial charge is 0.506 e. The fourth-order valence-corrected chi connectivity index (χ4v) is 0.994. The highest BCUT2D eigenvalue weighted by molar-refractivity contribution is 5.73. The summed E-state index contributed by atoms with van der Waals surface area (Å²) in [6, 6.07) is 1.64. The molecule has 0 spiro atoms. The highest BCUT2D eigenvalue weighted by atomic mass is 19.4. The molecule has 6 nitrogen and oxygen atoms in total. The molecule has 0 saturated carbocycles. The Morgan fingerprint density at radius 1 is 1.21 bits per heavy atom. The highest BCUT2D eigenvalue weighted by Crippen LogP contribution is 2.19. The van der Waals surface area contributed by atoms with Crippen LogP contribution in [0, 0.1) is 0 Å². The van der Waals surface area contributed by atoms with Gasteiger partial charge in [-0.05, 0) is 6.07 Å². The topological polar surface area (TPSA) is 99.1 Å². The molecule has 0 bridgehead atoms. The highest BCUT2D eigenvalue weighted by Gasteiger charge is 2.38. The van der Waals surface area contributed by atoms with Crippen LogP contribution in [0.3, 0.4) is 0 Å². The van der Waals surface area contributed by atoms with Crippen molar-refractivity contribution >= 4 is 5.97 Å². The van der Waals surface area contributed by atoms with Gasteiger partial charge < -0.3 is 10.2 Å². The van der Waals surface area contributed by atoms with Gasteiger partial charge in [-0.1, -0.05) is 0 Å². The Bertz CT molecular complexity index is 540. The summed E-state index contributed by atoms with van der Waals surface area (Å²) in [5, 5.41) is 22.7. The minimum atomic E-state index is -5.08. The van der Waals surface area contributed by atoms with E-state index in [2.05, 4.69) is 15.2 Å². The number of nitrogens with one attached hydrogen (secondary N) is 1. The van der Waals surface area contributed by atoms with E-state index in [0.717, 1.165) is 11.1 Å². The molecular formula is C10H8F3N3O3. The molecule has 0 aliphatic heterocycles. The average Bonchev–Trinajstić information content (AvgIpc) is 2.81. The number of hydrogen-bond donors (Lipinski definition) is 3. The zero-order valence-electron chi connectivity index (χ0n) is 9.22. The Morgan fingerprint density at radius 3 is 2.26 bits per heavy atom. The van der Waals surface area contributed by atoms with Crippen LogP contribution in [0.2, 0.25) is 0 Å². The summed E-state index contributed by atoms with van der Waals surface area (Å²) in [4.78, 5) is 12.7. The number of hydrogen-bond acceptors (Lipinski definition) is 4. The van der Waals surface area contributed by atoms with Gasteiger partial charge in [0, 0.05) is 23.5 Å². The molecule has 0 saturated heterocycles. The number of pyridine rings is 1. The fourth-order valence-electron chi connectivity index (χ4n) is 0.994. The van der Waals surface area contributed by atoms with Gasteiger partial charge in [0.2, 0.25) is 0 Å². The standard InChI is InChI=1S/C8H7N3O.C2HF3O2/c12-8-1-6(2-9-5-8)7-3-10-11-4-7;3-2(4,5)1(6)7/h1-5,12H,(H,10,11);(H,6,7). The Morgan fingerprint density at radius 2 is 1.84 bits per heavy atom. The molecule has 0 amide bonds. The smallest absolute Gasteiger partial charge is 0.490 e. The van der Waals surface area contributed by atoms with Crippen molar-refractivity contribution in [1.82, 2.24) is 15.2 Å². The predicted octanol–water partition coefficient (Wildman–Crippen LogP) is 1.81. The summed E-state index contributed by atoms with van der Waals surface area (Å²) in [7, 11) is 0. The van der Waals surface area contributed by atoms with Gasteiger partial charge in [0.25, 0.3) is 0 Å². The number of aromatic hydroxyl groups is 1. The number of carboxylic acids is 1. The second-order valence-corrected chi connectivity index (χ2v) is 3.22. The van der Waals surface area contributed by atoms with Crippen molar-refractivity contribution in [2.24, 2.45) is 0 Å². The molecule has 3 N–H and O–H groups in total. The molecule has 0 aromatic carbocycles. The van der Waals surface area contributed by atoms with Gasteiger partial charge in [0.15, 0.2) is 0 Å². The molecule has 0 fully saturated rings. The van der Waals surface area contributed by atoms with E-state index in [1.807, 2.05) is 0 Å². The first-order valence-electron chi connectivity index (χ1n) is 4.74. The van der Waals surface area contributed by atoms with Crippen molar-refractivity contribution in [3.05, 3.63) is 30.9 Å². The first-order chi connectivity index (χ1) is 8.80. The van der Waals surface area contributed by atoms with Gasteiger partial charge in [0.05, 0.1) is 12.4 Å². The van der Waals surface area contributed by atoms with Crippen LogP contribution in [-0.2, 0) is 4.79 Å². The van der Waals surface area contributed by atoms with Crippen molar-refractivity contribution in [1.29, 1.82) is 0 Å². The van der Waals surface area contributed by atoms with Crippen LogP contribution in [-0.4, -0.2) is 37.5 Å². The Balaban J connectivity index is 0.000000224. The maximum atomic E-state index is 10.6. The molecule has 0 radical (unpaired) electrons. The maximum absolute atomic E-state index is 10.6. The van der Waals surface area contributed by atoms with Gasteiger partial charge in [-0.25, -0.2) is 4.79 Å². The van der Waals surface area contributed by atoms with Crippen molar-refractivity contribution in [3.63, 3.8) is 0 Å². The van der Waals surface area contributed by atoms with Crippen LogP contribution < -0.4 is 0 Å². The van der Waals surface area contributed by atoms with Crippen molar-refractivity contribution < 1.29 is 28.2 Å². The normalized spacial score (nSPS) is 10.5. The van der Waals surface area contributed by atoms with Crippen LogP contribution in [0.15, 0.2) is 30.9 Å². The summed E-state index contributed by atoms with van der Waals surface area (Å²) in [5.41, 5.74) is 1.77. The van der Waals surface area contributed by atoms with Gasteiger partial charge in [-0.15, -0.1) is 0 Å². The molecular weight excluding hydrogens is 267 g/mol. The second-order valence-electron chi connectivity index (χ2n) is 3.22. The maximum Gasteiger partial charge on any atom is 0.490 e. The predicted molar refractivity (Wildman–Crippen MR) is 57.2 cm³/mol. The Kier molecular flexibility index (Phi) is 4.46. The monoisotopic (exact) mass is 275 g/mol. The third kappa shape index (κ3) is 4.66. The third-order valence-electron chi connectivity index (χ3n) is 1.80. The number of carbonyl (C=O) groups is 1.